The quantitative estimate of drug-likeness (QED) is 0.777. The molecule has 2 nitrogen and oxygen atoms in total. The molecule has 6 heteroatoms. The van der Waals surface area contributed by atoms with Crippen LogP contribution in [0.3, 0.4) is 0 Å². The zero-order chi connectivity index (χ0) is 12.0. The van der Waals surface area contributed by atoms with Crippen molar-refractivity contribution in [1.29, 1.82) is 0 Å². The summed E-state index contributed by atoms with van der Waals surface area (Å²) in [6, 6.07) is 0. The first kappa shape index (κ1) is 12.5. The Morgan fingerprint density at radius 2 is 1.93 bits per heavy atom. The van der Waals surface area contributed by atoms with Gasteiger partial charge in [-0.1, -0.05) is 19.9 Å². The second-order valence-electron chi connectivity index (χ2n) is 4.16. The highest BCUT2D eigenvalue weighted by Gasteiger charge is 2.57. The molecule has 1 saturated carbocycles. The van der Waals surface area contributed by atoms with Crippen LogP contribution in [0.2, 0.25) is 0 Å². The molecule has 1 aliphatic carbocycles. The summed E-state index contributed by atoms with van der Waals surface area (Å²) in [5.74, 6) is -2.77. The molecular weight excluding hydrogens is 277 g/mol. The highest BCUT2D eigenvalue weighted by Crippen LogP contribution is 2.59. The summed E-state index contributed by atoms with van der Waals surface area (Å²) in [6.45, 7) is 3.20. The minimum atomic E-state index is -4.46. The summed E-state index contributed by atoms with van der Waals surface area (Å²) in [6.07, 6.45) is -3.56. The Balaban J connectivity index is 2.83. The van der Waals surface area contributed by atoms with Crippen LogP contribution in [0.1, 0.15) is 13.8 Å². The van der Waals surface area contributed by atoms with Gasteiger partial charge in [0.15, 0.2) is 0 Å². The van der Waals surface area contributed by atoms with Crippen molar-refractivity contribution in [3.63, 3.8) is 0 Å². The van der Waals surface area contributed by atoms with E-state index in [1.165, 1.54) is 0 Å². The molecule has 0 aromatic rings. The standard InChI is InChI=1S/C9H10BrF3O2/c1-8(2)4(6(8)7(14)15)3-5(10)9(11,12)13/h3-4,6H,1-2H3,(H,14,15)/p-1/t4-,6+/m0/s1. The van der Waals surface area contributed by atoms with Gasteiger partial charge in [-0.2, -0.15) is 13.2 Å². The molecule has 1 rings (SSSR count). The van der Waals surface area contributed by atoms with Gasteiger partial charge in [-0.05, 0) is 27.3 Å². The summed E-state index contributed by atoms with van der Waals surface area (Å²) in [7, 11) is 0. The van der Waals surface area contributed by atoms with E-state index in [1.807, 2.05) is 0 Å². The third-order valence-corrected chi connectivity index (χ3v) is 3.48. The second-order valence-corrected chi connectivity index (χ2v) is 5.01. The Kier molecular flexibility index (Phi) is 2.93. The van der Waals surface area contributed by atoms with Gasteiger partial charge in [0.1, 0.15) is 0 Å². The molecule has 1 fully saturated rings. The van der Waals surface area contributed by atoms with Crippen molar-refractivity contribution in [2.24, 2.45) is 17.3 Å². The van der Waals surface area contributed by atoms with Gasteiger partial charge in [-0.15, -0.1) is 0 Å². The summed E-state index contributed by atoms with van der Waals surface area (Å²) in [5.41, 5.74) is -0.664. The fraction of sp³-hybridized carbons (Fsp3) is 0.667. The molecule has 0 aliphatic heterocycles. The molecule has 86 valence electrons. The molecule has 0 unspecified atom stereocenters. The number of carboxylic acids is 1. The second kappa shape index (κ2) is 3.50. The number of hydrogen-bond acceptors (Lipinski definition) is 2. The Morgan fingerprint density at radius 1 is 1.47 bits per heavy atom. The number of rotatable bonds is 2. The molecule has 0 radical (unpaired) electrons. The molecule has 0 spiro atoms. The van der Waals surface area contributed by atoms with E-state index in [0.29, 0.717) is 0 Å². The SMILES string of the molecule is CC1(C)[C@@H](C=C(Br)C(F)(F)F)[C@@H]1C(=O)[O-]. The maximum Gasteiger partial charge on any atom is 0.422 e. The van der Waals surface area contributed by atoms with E-state index in [9.17, 15) is 23.1 Å². The molecule has 0 N–H and O–H groups in total. The predicted octanol–water partition coefficient (Wildman–Crippen LogP) is 1.85. The average molecular weight is 286 g/mol. The molecular formula is C9H9BrF3O2-. The lowest BCUT2D eigenvalue weighted by molar-refractivity contribution is -0.309. The van der Waals surface area contributed by atoms with Crippen LogP contribution < -0.4 is 5.11 Å². The number of aliphatic carboxylic acids is 1. The number of carboxylic acid groups (broad SMARTS) is 1. The lowest BCUT2D eigenvalue weighted by Gasteiger charge is -2.04. The van der Waals surface area contributed by atoms with Crippen LogP contribution in [0, 0.1) is 17.3 Å². The fourth-order valence-corrected chi connectivity index (χ4v) is 1.98. The van der Waals surface area contributed by atoms with Gasteiger partial charge in [0.25, 0.3) is 0 Å². The first-order valence-electron chi connectivity index (χ1n) is 4.24. The van der Waals surface area contributed by atoms with Gasteiger partial charge in [0.2, 0.25) is 0 Å². The number of carbonyl (C=O) groups is 1. The number of alkyl halides is 3. The van der Waals surface area contributed by atoms with Crippen molar-refractivity contribution in [2.45, 2.75) is 20.0 Å². The molecule has 0 bridgehead atoms. The lowest BCUT2D eigenvalue weighted by atomic mass is 10.1. The van der Waals surface area contributed by atoms with Crippen molar-refractivity contribution in [3.8, 4) is 0 Å². The van der Waals surface area contributed by atoms with Crippen LogP contribution in [0.4, 0.5) is 13.2 Å². The van der Waals surface area contributed by atoms with E-state index in [4.69, 9.17) is 0 Å². The number of carbonyl (C=O) groups excluding carboxylic acids is 1. The van der Waals surface area contributed by atoms with Crippen LogP contribution in [-0.4, -0.2) is 12.1 Å². The van der Waals surface area contributed by atoms with Crippen molar-refractivity contribution in [3.05, 3.63) is 10.6 Å². The zero-order valence-corrected chi connectivity index (χ0v) is 9.65. The van der Waals surface area contributed by atoms with Crippen molar-refractivity contribution in [1.82, 2.24) is 0 Å². The zero-order valence-electron chi connectivity index (χ0n) is 8.06. The van der Waals surface area contributed by atoms with Crippen LogP contribution in [-0.2, 0) is 4.79 Å². The van der Waals surface area contributed by atoms with Gasteiger partial charge in [0, 0.05) is 11.9 Å². The molecule has 0 amide bonds. The lowest BCUT2D eigenvalue weighted by Crippen LogP contribution is -2.26. The largest absolute Gasteiger partial charge is 0.550 e. The van der Waals surface area contributed by atoms with Gasteiger partial charge >= 0.3 is 6.18 Å². The van der Waals surface area contributed by atoms with E-state index in [-0.39, 0.29) is 0 Å². The summed E-state index contributed by atoms with van der Waals surface area (Å²) in [5, 5.41) is 10.6. The number of allylic oxidation sites excluding steroid dienone is 2. The predicted molar refractivity (Wildman–Crippen MR) is 48.8 cm³/mol. The molecule has 0 aromatic carbocycles. The highest BCUT2D eigenvalue weighted by molar-refractivity contribution is 9.11. The molecule has 1 aliphatic rings. The van der Waals surface area contributed by atoms with Crippen molar-refractivity contribution in [2.75, 3.05) is 0 Å². The van der Waals surface area contributed by atoms with E-state index in [1.54, 1.807) is 13.8 Å². The van der Waals surface area contributed by atoms with E-state index in [0.717, 1.165) is 6.08 Å². The molecule has 0 saturated heterocycles. The van der Waals surface area contributed by atoms with Crippen LogP contribution in [0.5, 0.6) is 0 Å². The Morgan fingerprint density at radius 3 is 2.20 bits per heavy atom. The fourth-order valence-electron chi connectivity index (χ4n) is 1.69. The number of hydrogen-bond donors (Lipinski definition) is 0. The van der Waals surface area contributed by atoms with Crippen molar-refractivity contribution < 1.29 is 23.1 Å². The third kappa shape index (κ3) is 2.35. The van der Waals surface area contributed by atoms with Crippen LogP contribution >= 0.6 is 15.9 Å². The Labute approximate surface area is 93.3 Å². The molecule has 0 heterocycles. The number of halogens is 4. The molecule has 2 atom stereocenters. The minimum absolute atomic E-state index is 0.626. The summed E-state index contributed by atoms with van der Waals surface area (Å²) < 4.78 is 35.5. The first-order valence-corrected chi connectivity index (χ1v) is 5.03. The van der Waals surface area contributed by atoms with Crippen molar-refractivity contribution >= 4 is 21.9 Å². The van der Waals surface area contributed by atoms with Gasteiger partial charge in [-0.25, -0.2) is 0 Å². The highest BCUT2D eigenvalue weighted by atomic mass is 79.9. The maximum atomic E-state index is 12.1. The van der Waals surface area contributed by atoms with E-state index >= 15 is 0 Å². The monoisotopic (exact) mass is 285 g/mol. The van der Waals surface area contributed by atoms with Gasteiger partial charge in [-0.3, -0.25) is 0 Å². The molecule has 0 aromatic heterocycles. The third-order valence-electron chi connectivity index (χ3n) is 2.76. The van der Waals surface area contributed by atoms with Gasteiger partial charge in [0.05, 0.1) is 4.48 Å². The van der Waals surface area contributed by atoms with E-state index < -0.39 is 33.9 Å². The maximum absolute atomic E-state index is 12.1. The Bertz CT molecular complexity index is 320. The van der Waals surface area contributed by atoms with Gasteiger partial charge < -0.3 is 9.90 Å². The van der Waals surface area contributed by atoms with Crippen LogP contribution in [0.25, 0.3) is 0 Å². The smallest absolute Gasteiger partial charge is 0.422 e. The van der Waals surface area contributed by atoms with E-state index in [2.05, 4.69) is 15.9 Å². The Hall–Kier alpha value is -0.520. The topological polar surface area (TPSA) is 40.1 Å². The average Bonchev–Trinajstić information content (AvgIpc) is 2.50. The summed E-state index contributed by atoms with van der Waals surface area (Å²) >= 11 is 2.39. The molecule has 15 heavy (non-hydrogen) atoms. The van der Waals surface area contributed by atoms with Crippen LogP contribution in [0.15, 0.2) is 10.6 Å². The minimum Gasteiger partial charge on any atom is -0.550 e. The normalized spacial score (nSPS) is 30.1. The first-order chi connectivity index (χ1) is 6.58. The summed E-state index contributed by atoms with van der Waals surface area (Å²) in [4.78, 5) is 10.6.